The van der Waals surface area contributed by atoms with Gasteiger partial charge in [0.25, 0.3) is 0 Å². The molecule has 1 atom stereocenters. The summed E-state index contributed by atoms with van der Waals surface area (Å²) >= 11 is 0. The Kier molecular flexibility index (Phi) is 3.34. The summed E-state index contributed by atoms with van der Waals surface area (Å²) in [4.78, 5) is 4.22. The summed E-state index contributed by atoms with van der Waals surface area (Å²) in [7, 11) is 1.79. The molecule has 0 amide bonds. The Balaban J connectivity index is 2.83. The lowest BCUT2D eigenvalue weighted by Crippen LogP contribution is -2.20. The Labute approximate surface area is 90.9 Å². The van der Waals surface area contributed by atoms with Gasteiger partial charge in [-0.05, 0) is 11.8 Å². The molecule has 86 valence electrons. The van der Waals surface area contributed by atoms with Crippen LogP contribution in [-0.4, -0.2) is 21.3 Å². The van der Waals surface area contributed by atoms with E-state index in [1.807, 2.05) is 0 Å². The molecule has 5 nitrogen and oxygen atoms in total. The summed E-state index contributed by atoms with van der Waals surface area (Å²) in [5, 5.41) is 4.27. The molecule has 0 spiro atoms. The Morgan fingerprint density at radius 2 is 2.00 bits per heavy atom. The average molecular weight is 211 g/mol. The first-order valence-corrected chi connectivity index (χ1v) is 5.20. The molecule has 0 aliphatic carbocycles. The van der Waals surface area contributed by atoms with Crippen molar-refractivity contribution < 1.29 is 0 Å². The third-order valence-corrected chi connectivity index (χ3v) is 2.32. The van der Waals surface area contributed by atoms with Crippen LogP contribution in [0.3, 0.4) is 0 Å². The normalized spacial score (nSPS) is 14.2. The van der Waals surface area contributed by atoms with Crippen LogP contribution in [0.5, 0.6) is 0 Å². The number of nitrogens with zero attached hydrogens (tertiary/aromatic N) is 3. The van der Waals surface area contributed by atoms with Gasteiger partial charge < -0.3 is 11.5 Å². The second kappa shape index (κ2) is 4.18. The first-order valence-electron chi connectivity index (χ1n) is 5.20. The second-order valence-electron chi connectivity index (χ2n) is 5.15. The minimum atomic E-state index is 0.188. The molecule has 5 heteroatoms. The summed E-state index contributed by atoms with van der Waals surface area (Å²) in [6, 6.07) is 0. The van der Waals surface area contributed by atoms with Crippen molar-refractivity contribution in [3.05, 3.63) is 5.82 Å². The number of hydrogen-bond acceptors (Lipinski definition) is 4. The number of aryl methyl sites for hydroxylation is 1. The summed E-state index contributed by atoms with van der Waals surface area (Å²) in [5.41, 5.74) is 11.6. The number of nitrogen functional groups attached to an aromatic ring is 1. The molecular formula is C10H21N5. The van der Waals surface area contributed by atoms with E-state index in [4.69, 9.17) is 11.5 Å². The van der Waals surface area contributed by atoms with Crippen molar-refractivity contribution in [2.75, 3.05) is 12.3 Å². The molecule has 0 saturated carbocycles. The lowest BCUT2D eigenvalue weighted by molar-refractivity contribution is 0.335. The minimum Gasteiger partial charge on any atom is -0.368 e. The van der Waals surface area contributed by atoms with Crippen LogP contribution in [0.4, 0.5) is 5.95 Å². The SMILES string of the molecule is Cn1nc(C(CN)CC(C)(C)C)nc1N. The lowest BCUT2D eigenvalue weighted by Gasteiger charge is -2.22. The average Bonchev–Trinajstić information content (AvgIpc) is 2.41. The zero-order valence-corrected chi connectivity index (χ0v) is 9.99. The highest BCUT2D eigenvalue weighted by atomic mass is 15.4. The second-order valence-corrected chi connectivity index (χ2v) is 5.15. The van der Waals surface area contributed by atoms with Crippen molar-refractivity contribution in [1.82, 2.24) is 14.8 Å². The molecule has 0 aliphatic rings. The van der Waals surface area contributed by atoms with Gasteiger partial charge in [0, 0.05) is 19.5 Å². The zero-order valence-electron chi connectivity index (χ0n) is 9.99. The van der Waals surface area contributed by atoms with E-state index >= 15 is 0 Å². The quantitative estimate of drug-likeness (QED) is 0.777. The molecule has 1 unspecified atom stereocenters. The van der Waals surface area contributed by atoms with Crippen molar-refractivity contribution in [2.24, 2.45) is 18.2 Å². The first kappa shape index (κ1) is 12.0. The van der Waals surface area contributed by atoms with Crippen LogP contribution in [0.1, 0.15) is 38.9 Å². The molecule has 15 heavy (non-hydrogen) atoms. The molecule has 0 fully saturated rings. The highest BCUT2D eigenvalue weighted by Gasteiger charge is 2.22. The topological polar surface area (TPSA) is 82.8 Å². The Morgan fingerprint density at radius 1 is 1.40 bits per heavy atom. The lowest BCUT2D eigenvalue weighted by atomic mass is 9.84. The predicted octanol–water partition coefficient (Wildman–Crippen LogP) is 0.876. The minimum absolute atomic E-state index is 0.188. The van der Waals surface area contributed by atoms with E-state index < -0.39 is 0 Å². The van der Waals surface area contributed by atoms with Gasteiger partial charge in [0.2, 0.25) is 5.95 Å². The van der Waals surface area contributed by atoms with Gasteiger partial charge in [-0.3, -0.25) is 0 Å². The van der Waals surface area contributed by atoms with Crippen LogP contribution < -0.4 is 11.5 Å². The fraction of sp³-hybridized carbons (Fsp3) is 0.800. The number of hydrogen-bond donors (Lipinski definition) is 2. The van der Waals surface area contributed by atoms with Crippen molar-refractivity contribution in [3.8, 4) is 0 Å². The number of nitrogens with two attached hydrogens (primary N) is 2. The van der Waals surface area contributed by atoms with Gasteiger partial charge in [-0.15, -0.1) is 0 Å². The monoisotopic (exact) mass is 211 g/mol. The molecule has 0 bridgehead atoms. The van der Waals surface area contributed by atoms with Gasteiger partial charge in [0.05, 0.1) is 0 Å². The molecule has 0 aromatic carbocycles. The van der Waals surface area contributed by atoms with Crippen LogP contribution >= 0.6 is 0 Å². The standard InChI is InChI=1S/C10H21N5/c1-10(2,3)5-7(6-11)8-13-9(12)15(4)14-8/h7H,5-6,11H2,1-4H3,(H2,12,13,14). The maximum atomic E-state index is 5.74. The summed E-state index contributed by atoms with van der Waals surface area (Å²) in [6.07, 6.45) is 0.965. The third-order valence-electron chi connectivity index (χ3n) is 2.32. The fourth-order valence-corrected chi connectivity index (χ4v) is 1.61. The van der Waals surface area contributed by atoms with E-state index in [0.29, 0.717) is 12.5 Å². The summed E-state index contributed by atoms with van der Waals surface area (Å²) < 4.78 is 1.58. The third kappa shape index (κ3) is 3.20. The van der Waals surface area contributed by atoms with Gasteiger partial charge in [-0.2, -0.15) is 10.1 Å². The molecule has 1 rings (SSSR count). The number of anilines is 1. The molecule has 0 aliphatic heterocycles. The molecule has 1 aromatic rings. The fourth-order valence-electron chi connectivity index (χ4n) is 1.61. The van der Waals surface area contributed by atoms with E-state index in [1.165, 1.54) is 0 Å². The molecule has 0 saturated heterocycles. The predicted molar refractivity (Wildman–Crippen MR) is 61.3 cm³/mol. The number of rotatable bonds is 3. The van der Waals surface area contributed by atoms with Gasteiger partial charge in [0.15, 0.2) is 5.82 Å². The van der Waals surface area contributed by atoms with Crippen LogP contribution in [0, 0.1) is 5.41 Å². The molecule has 1 heterocycles. The van der Waals surface area contributed by atoms with E-state index in [-0.39, 0.29) is 11.3 Å². The smallest absolute Gasteiger partial charge is 0.218 e. The maximum absolute atomic E-state index is 5.74. The maximum Gasteiger partial charge on any atom is 0.218 e. The zero-order chi connectivity index (χ0) is 11.6. The van der Waals surface area contributed by atoms with Gasteiger partial charge in [-0.25, -0.2) is 4.68 Å². The van der Waals surface area contributed by atoms with Crippen molar-refractivity contribution in [2.45, 2.75) is 33.1 Å². The summed E-state index contributed by atoms with van der Waals surface area (Å²) in [5.74, 6) is 1.39. The van der Waals surface area contributed by atoms with Crippen molar-refractivity contribution in [1.29, 1.82) is 0 Å². The van der Waals surface area contributed by atoms with Crippen molar-refractivity contribution in [3.63, 3.8) is 0 Å². The van der Waals surface area contributed by atoms with Crippen LogP contribution in [-0.2, 0) is 7.05 Å². The van der Waals surface area contributed by atoms with E-state index in [0.717, 1.165) is 12.2 Å². The van der Waals surface area contributed by atoms with E-state index in [2.05, 4.69) is 30.9 Å². The largest absolute Gasteiger partial charge is 0.368 e. The Bertz CT molecular complexity index is 304. The Morgan fingerprint density at radius 3 is 2.33 bits per heavy atom. The first-order chi connectivity index (χ1) is 6.83. The Hall–Kier alpha value is -1.10. The van der Waals surface area contributed by atoms with Crippen LogP contribution in [0.2, 0.25) is 0 Å². The number of aromatic nitrogens is 3. The van der Waals surface area contributed by atoms with Gasteiger partial charge >= 0.3 is 0 Å². The molecular weight excluding hydrogens is 190 g/mol. The molecule has 1 aromatic heterocycles. The van der Waals surface area contributed by atoms with Gasteiger partial charge in [0.1, 0.15) is 0 Å². The van der Waals surface area contributed by atoms with Crippen LogP contribution in [0.15, 0.2) is 0 Å². The molecule has 4 N–H and O–H groups in total. The highest BCUT2D eigenvalue weighted by Crippen LogP contribution is 2.29. The van der Waals surface area contributed by atoms with Crippen LogP contribution in [0.25, 0.3) is 0 Å². The van der Waals surface area contributed by atoms with E-state index in [9.17, 15) is 0 Å². The van der Waals surface area contributed by atoms with Gasteiger partial charge in [-0.1, -0.05) is 20.8 Å². The van der Waals surface area contributed by atoms with E-state index in [1.54, 1.807) is 11.7 Å². The summed E-state index contributed by atoms with van der Waals surface area (Å²) in [6.45, 7) is 7.10. The molecule has 0 radical (unpaired) electrons. The highest BCUT2D eigenvalue weighted by molar-refractivity contribution is 5.17. The van der Waals surface area contributed by atoms with Crippen molar-refractivity contribution >= 4 is 5.95 Å².